The average Bonchev–Trinajstić information content (AvgIpc) is 2.70. The van der Waals surface area contributed by atoms with Crippen molar-refractivity contribution in [2.75, 3.05) is 32.2 Å². The molecule has 2 aromatic carbocycles. The smallest absolute Gasteiger partial charge is 0.253 e. The minimum absolute atomic E-state index is 0.145. The Kier molecular flexibility index (Phi) is 9.53. The number of benzene rings is 2. The molecule has 1 N–H and O–H groups in total. The predicted molar refractivity (Wildman–Crippen MR) is 125 cm³/mol. The summed E-state index contributed by atoms with van der Waals surface area (Å²) in [6.45, 7) is 4.84. The van der Waals surface area contributed by atoms with Gasteiger partial charge < -0.3 is 15.0 Å². The van der Waals surface area contributed by atoms with Gasteiger partial charge in [0.2, 0.25) is 5.91 Å². The van der Waals surface area contributed by atoms with Crippen molar-refractivity contribution in [3.8, 4) is 5.75 Å². The number of ether oxygens (including phenoxy) is 1. The first-order valence-corrected chi connectivity index (χ1v) is 11.6. The quantitative estimate of drug-likeness (QED) is 0.587. The summed E-state index contributed by atoms with van der Waals surface area (Å²) in [6.07, 6.45) is 2.51. The molecule has 1 atom stereocenters. The van der Waals surface area contributed by atoms with Gasteiger partial charge >= 0.3 is 0 Å². The minimum Gasteiger partial charge on any atom is -0.492 e. The van der Waals surface area contributed by atoms with E-state index < -0.39 is 6.04 Å². The normalized spacial score (nSPS) is 11.6. The maximum Gasteiger partial charge on any atom is 0.253 e. The van der Waals surface area contributed by atoms with Crippen molar-refractivity contribution >= 4 is 35.2 Å². The summed E-state index contributed by atoms with van der Waals surface area (Å²) < 4.78 is 5.81. The molecule has 0 aromatic heterocycles. The van der Waals surface area contributed by atoms with Crippen LogP contribution in [0.25, 0.3) is 0 Å². The molecular weight excluding hydrogens is 420 g/mol. The Labute approximate surface area is 188 Å². The van der Waals surface area contributed by atoms with Gasteiger partial charge in [-0.25, -0.2) is 0 Å². The second-order valence-corrected chi connectivity index (χ2v) is 8.61. The van der Waals surface area contributed by atoms with E-state index in [0.29, 0.717) is 30.2 Å². The van der Waals surface area contributed by atoms with Crippen LogP contribution in [0.3, 0.4) is 0 Å². The van der Waals surface area contributed by atoms with Gasteiger partial charge in [0, 0.05) is 7.05 Å². The van der Waals surface area contributed by atoms with Crippen molar-refractivity contribution in [1.82, 2.24) is 10.2 Å². The largest absolute Gasteiger partial charge is 0.492 e. The molecule has 1 unspecified atom stereocenters. The van der Waals surface area contributed by atoms with Gasteiger partial charge in [0.05, 0.1) is 17.1 Å². The Morgan fingerprint density at radius 1 is 1.17 bits per heavy atom. The van der Waals surface area contributed by atoms with Crippen LogP contribution < -0.4 is 10.1 Å². The first-order chi connectivity index (χ1) is 14.3. The number of nitrogens with one attached hydrogen (secondary N) is 1. The zero-order chi connectivity index (χ0) is 22.1. The molecule has 0 radical (unpaired) electrons. The van der Waals surface area contributed by atoms with Gasteiger partial charge in [-0.15, -0.1) is 0 Å². The molecule has 5 nitrogen and oxygen atoms in total. The monoisotopic (exact) mass is 448 g/mol. The first kappa shape index (κ1) is 24.1. The molecular formula is C23H29ClN2O3S. The second kappa shape index (κ2) is 11.9. The van der Waals surface area contributed by atoms with Gasteiger partial charge in [-0.2, -0.15) is 11.8 Å². The highest BCUT2D eigenvalue weighted by Crippen LogP contribution is 2.17. The number of thioether (sulfide) groups is 1. The third-order valence-corrected chi connectivity index (χ3v) is 5.57. The summed E-state index contributed by atoms with van der Waals surface area (Å²) in [5.74, 6) is 1.05. The van der Waals surface area contributed by atoms with Crippen LogP contribution in [0.2, 0.25) is 5.02 Å². The lowest BCUT2D eigenvalue weighted by atomic mass is 10.1. The van der Waals surface area contributed by atoms with Crippen LogP contribution in [-0.2, 0) is 4.79 Å². The molecule has 0 heterocycles. The molecule has 0 bridgehead atoms. The Morgan fingerprint density at radius 3 is 2.47 bits per heavy atom. The highest BCUT2D eigenvalue weighted by molar-refractivity contribution is 7.98. The van der Waals surface area contributed by atoms with E-state index in [1.54, 1.807) is 48.0 Å². The number of hydrogen-bond acceptors (Lipinski definition) is 4. The fourth-order valence-corrected chi connectivity index (χ4v) is 3.76. The van der Waals surface area contributed by atoms with Gasteiger partial charge in [0.15, 0.2) is 0 Å². The van der Waals surface area contributed by atoms with E-state index in [9.17, 15) is 9.59 Å². The molecule has 0 saturated heterocycles. The number of hydrogen-bond donors (Lipinski definition) is 1. The number of nitrogens with zero attached hydrogens (tertiary/aromatic N) is 1. The third-order valence-electron chi connectivity index (χ3n) is 4.60. The van der Waals surface area contributed by atoms with Crippen LogP contribution in [0.1, 0.15) is 27.9 Å². The Morgan fingerprint density at radius 2 is 1.83 bits per heavy atom. The molecule has 7 heteroatoms. The molecule has 0 aliphatic rings. The van der Waals surface area contributed by atoms with Crippen molar-refractivity contribution in [3.63, 3.8) is 0 Å². The van der Waals surface area contributed by atoms with Crippen LogP contribution in [0.4, 0.5) is 0 Å². The third kappa shape index (κ3) is 7.26. The predicted octanol–water partition coefficient (Wildman–Crippen LogP) is 4.35. The molecule has 2 amide bonds. The summed E-state index contributed by atoms with van der Waals surface area (Å²) in [7, 11) is 1.72. The fourth-order valence-electron chi connectivity index (χ4n) is 3.07. The molecule has 0 saturated carbocycles. The lowest BCUT2D eigenvalue weighted by Gasteiger charge is -2.25. The summed E-state index contributed by atoms with van der Waals surface area (Å²) in [6, 6.07) is 12.2. The molecule has 0 fully saturated rings. The standard InChI is InChI=1S/C23H29ClN2O3S/c1-16-13-17(2)15-18(14-16)29-11-10-26(3)23(28)21(9-12-30-4)25-22(27)19-7-5-6-8-20(19)24/h5-8,13-15,21H,9-12H2,1-4H3,(H,25,27). The van der Waals surface area contributed by atoms with Crippen molar-refractivity contribution < 1.29 is 14.3 Å². The van der Waals surface area contributed by atoms with Crippen molar-refractivity contribution in [2.24, 2.45) is 0 Å². The number of aryl methyl sites for hydroxylation is 2. The summed E-state index contributed by atoms with van der Waals surface area (Å²) in [5, 5.41) is 3.21. The fraction of sp³-hybridized carbons (Fsp3) is 0.391. The molecule has 0 aliphatic heterocycles. The van der Waals surface area contributed by atoms with E-state index >= 15 is 0 Å². The number of amides is 2. The van der Waals surface area contributed by atoms with Gasteiger partial charge in [0.25, 0.3) is 5.91 Å². The summed E-state index contributed by atoms with van der Waals surface area (Å²) >= 11 is 7.75. The Hall–Kier alpha value is -2.18. The number of likely N-dealkylation sites (N-methyl/N-ethyl adjacent to an activating group) is 1. The first-order valence-electron chi connectivity index (χ1n) is 9.82. The lowest BCUT2D eigenvalue weighted by Crippen LogP contribution is -2.48. The van der Waals surface area contributed by atoms with Crippen LogP contribution in [0.15, 0.2) is 42.5 Å². The van der Waals surface area contributed by atoms with Crippen LogP contribution in [0, 0.1) is 13.8 Å². The number of rotatable bonds is 10. The van der Waals surface area contributed by atoms with Gasteiger partial charge in [0.1, 0.15) is 18.4 Å². The van der Waals surface area contributed by atoms with Crippen molar-refractivity contribution in [2.45, 2.75) is 26.3 Å². The van der Waals surface area contributed by atoms with Crippen molar-refractivity contribution in [3.05, 3.63) is 64.2 Å². The highest BCUT2D eigenvalue weighted by Gasteiger charge is 2.24. The second-order valence-electron chi connectivity index (χ2n) is 7.22. The van der Waals surface area contributed by atoms with Crippen LogP contribution >= 0.6 is 23.4 Å². The molecule has 30 heavy (non-hydrogen) atoms. The van der Waals surface area contributed by atoms with Gasteiger partial charge in [-0.1, -0.05) is 29.8 Å². The van der Waals surface area contributed by atoms with E-state index in [1.165, 1.54) is 0 Å². The van der Waals surface area contributed by atoms with E-state index in [4.69, 9.17) is 16.3 Å². The zero-order valence-electron chi connectivity index (χ0n) is 17.9. The maximum absolute atomic E-state index is 13.0. The van der Waals surface area contributed by atoms with Crippen LogP contribution in [-0.4, -0.2) is 55.0 Å². The maximum atomic E-state index is 13.0. The van der Waals surface area contributed by atoms with E-state index in [1.807, 2.05) is 32.2 Å². The topological polar surface area (TPSA) is 58.6 Å². The molecule has 0 spiro atoms. The van der Waals surface area contributed by atoms with E-state index in [0.717, 1.165) is 22.6 Å². The van der Waals surface area contributed by atoms with Gasteiger partial charge in [-0.3, -0.25) is 9.59 Å². The van der Waals surface area contributed by atoms with Gasteiger partial charge in [-0.05, 0) is 67.7 Å². The summed E-state index contributed by atoms with van der Waals surface area (Å²) in [4.78, 5) is 27.2. The zero-order valence-corrected chi connectivity index (χ0v) is 19.5. The number of carbonyl (C=O) groups excluding carboxylic acids is 2. The average molecular weight is 449 g/mol. The lowest BCUT2D eigenvalue weighted by molar-refractivity contribution is -0.132. The Bertz CT molecular complexity index is 855. The molecule has 0 aliphatic carbocycles. The van der Waals surface area contributed by atoms with Crippen LogP contribution in [0.5, 0.6) is 5.75 Å². The molecule has 162 valence electrons. The Balaban J connectivity index is 1.97. The number of halogens is 1. The SMILES string of the molecule is CSCCC(NC(=O)c1ccccc1Cl)C(=O)N(C)CCOc1cc(C)cc(C)c1. The minimum atomic E-state index is -0.618. The molecule has 2 rings (SSSR count). The number of carbonyl (C=O) groups is 2. The van der Waals surface area contributed by atoms with E-state index in [2.05, 4.69) is 11.4 Å². The van der Waals surface area contributed by atoms with Crippen molar-refractivity contribution in [1.29, 1.82) is 0 Å². The highest BCUT2D eigenvalue weighted by atomic mass is 35.5. The summed E-state index contributed by atoms with van der Waals surface area (Å²) in [5.41, 5.74) is 2.63. The van der Waals surface area contributed by atoms with E-state index in [-0.39, 0.29) is 11.8 Å². The molecule has 2 aromatic rings.